The van der Waals surface area contributed by atoms with Gasteiger partial charge in [0.15, 0.2) is 22.4 Å². The number of nitrogens with zero attached hydrogens (tertiary/aromatic N) is 4. The van der Waals surface area contributed by atoms with Gasteiger partial charge in [-0.1, -0.05) is 23.9 Å². The number of para-hydroxylation sites is 1. The predicted molar refractivity (Wildman–Crippen MR) is 108 cm³/mol. The van der Waals surface area contributed by atoms with E-state index in [4.69, 9.17) is 0 Å². The third kappa shape index (κ3) is 2.99. The zero-order valence-electron chi connectivity index (χ0n) is 16.0. The van der Waals surface area contributed by atoms with E-state index in [1.165, 1.54) is 18.7 Å². The van der Waals surface area contributed by atoms with Gasteiger partial charge in [0.25, 0.3) is 0 Å². The van der Waals surface area contributed by atoms with Gasteiger partial charge in [-0.3, -0.25) is 9.59 Å². The normalized spacial score (nSPS) is 11.4. The number of aryl methyl sites for hydroxylation is 2. The first-order chi connectivity index (χ1) is 13.4. The number of rotatable bonds is 5. The second-order valence-electron chi connectivity index (χ2n) is 6.70. The van der Waals surface area contributed by atoms with Crippen molar-refractivity contribution in [2.75, 3.05) is 5.75 Å². The molecule has 0 bridgehead atoms. The van der Waals surface area contributed by atoms with Gasteiger partial charge in [0.05, 0.1) is 17.0 Å². The average Bonchev–Trinajstić information content (AvgIpc) is 3.18. The molecule has 4 rings (SSSR count). The zero-order chi connectivity index (χ0) is 20.0. The number of benzene rings is 1. The van der Waals surface area contributed by atoms with E-state index in [-0.39, 0.29) is 17.3 Å². The second-order valence-corrected chi connectivity index (χ2v) is 7.64. The molecule has 0 amide bonds. The van der Waals surface area contributed by atoms with E-state index in [9.17, 15) is 9.59 Å². The number of hydrogen-bond acceptors (Lipinski definition) is 6. The molecule has 3 aromatic heterocycles. The van der Waals surface area contributed by atoms with Crippen molar-refractivity contribution in [3.63, 3.8) is 0 Å². The van der Waals surface area contributed by atoms with E-state index in [0.717, 1.165) is 22.2 Å². The van der Waals surface area contributed by atoms with Gasteiger partial charge in [-0.15, -0.1) is 5.10 Å². The van der Waals surface area contributed by atoms with Crippen LogP contribution in [0.2, 0.25) is 0 Å². The number of Topliss-reactive ketones (excluding diaryl/α,β-unsaturated/α-hetero) is 2. The Bertz CT molecular complexity index is 1250. The number of carbonyl (C=O) groups is 2. The maximum atomic E-state index is 12.8. The molecule has 28 heavy (non-hydrogen) atoms. The average molecular weight is 393 g/mol. The number of hydrogen-bond donors (Lipinski definition) is 1. The molecular formula is C20H19N5O2S. The molecule has 0 spiro atoms. The van der Waals surface area contributed by atoms with Crippen LogP contribution in [0.4, 0.5) is 0 Å². The van der Waals surface area contributed by atoms with Gasteiger partial charge >= 0.3 is 0 Å². The Hall–Kier alpha value is -3.00. The Morgan fingerprint density at radius 2 is 1.89 bits per heavy atom. The molecule has 142 valence electrons. The minimum absolute atomic E-state index is 0.0473. The standard InChI is InChI=1S/C20H19N5O2S/c1-10-17(12(3)26)11(2)21-18(10)16(27)9-28-20-23-15-8-6-5-7-14(15)19-22-13(4)24-25(19)20/h5-8,21H,9H2,1-4H3. The number of carbonyl (C=O) groups excluding carboxylic acids is 2. The molecule has 0 aliphatic carbocycles. The summed E-state index contributed by atoms with van der Waals surface area (Å²) >= 11 is 1.31. The minimum atomic E-state index is -0.0851. The summed E-state index contributed by atoms with van der Waals surface area (Å²) in [6.07, 6.45) is 0. The van der Waals surface area contributed by atoms with Gasteiger partial charge in [0.2, 0.25) is 0 Å². The van der Waals surface area contributed by atoms with Crippen molar-refractivity contribution in [1.82, 2.24) is 24.6 Å². The van der Waals surface area contributed by atoms with Crippen molar-refractivity contribution < 1.29 is 9.59 Å². The van der Waals surface area contributed by atoms with Gasteiger partial charge < -0.3 is 4.98 Å². The summed E-state index contributed by atoms with van der Waals surface area (Å²) in [4.78, 5) is 36.8. The molecule has 3 heterocycles. The Kier molecular flexibility index (Phi) is 4.50. The Morgan fingerprint density at radius 1 is 1.14 bits per heavy atom. The maximum absolute atomic E-state index is 12.8. The molecule has 0 saturated carbocycles. The number of H-pyrrole nitrogens is 1. The lowest BCUT2D eigenvalue weighted by Crippen LogP contribution is -2.07. The highest BCUT2D eigenvalue weighted by Gasteiger charge is 2.21. The lowest BCUT2D eigenvalue weighted by Gasteiger charge is -2.06. The minimum Gasteiger partial charge on any atom is -0.355 e. The van der Waals surface area contributed by atoms with Crippen LogP contribution >= 0.6 is 11.8 Å². The van der Waals surface area contributed by atoms with Crippen LogP contribution < -0.4 is 0 Å². The molecule has 0 fully saturated rings. The predicted octanol–water partition coefficient (Wildman–Crippen LogP) is 3.71. The third-order valence-corrected chi connectivity index (χ3v) is 5.58. The van der Waals surface area contributed by atoms with Gasteiger partial charge in [-0.25, -0.2) is 9.97 Å². The molecule has 4 aromatic rings. The van der Waals surface area contributed by atoms with Crippen molar-refractivity contribution in [3.8, 4) is 0 Å². The summed E-state index contributed by atoms with van der Waals surface area (Å²) in [7, 11) is 0. The molecule has 1 aromatic carbocycles. The fraction of sp³-hybridized carbons (Fsp3) is 0.250. The van der Waals surface area contributed by atoms with Crippen LogP contribution in [0, 0.1) is 20.8 Å². The van der Waals surface area contributed by atoms with Crippen LogP contribution in [0.25, 0.3) is 16.6 Å². The number of aromatic nitrogens is 5. The fourth-order valence-electron chi connectivity index (χ4n) is 3.49. The summed E-state index contributed by atoms with van der Waals surface area (Å²) in [6.45, 7) is 6.94. The number of nitrogens with one attached hydrogen (secondary N) is 1. The number of thioether (sulfide) groups is 1. The van der Waals surface area contributed by atoms with Gasteiger partial charge in [-0.2, -0.15) is 4.52 Å². The van der Waals surface area contributed by atoms with E-state index in [0.29, 0.717) is 27.8 Å². The SMILES string of the molecule is CC(=O)c1c(C)[nH]c(C(=O)CSc2nc3ccccc3c3nc(C)nn23)c1C. The lowest BCUT2D eigenvalue weighted by atomic mass is 10.1. The first-order valence-corrected chi connectivity index (χ1v) is 9.83. The molecule has 0 unspecified atom stereocenters. The first kappa shape index (κ1) is 18.4. The molecule has 8 heteroatoms. The molecular weight excluding hydrogens is 374 g/mol. The van der Waals surface area contributed by atoms with Crippen molar-refractivity contribution in [1.29, 1.82) is 0 Å². The summed E-state index contributed by atoms with van der Waals surface area (Å²) < 4.78 is 1.68. The monoisotopic (exact) mass is 393 g/mol. The van der Waals surface area contributed by atoms with Crippen LogP contribution in [-0.2, 0) is 0 Å². The smallest absolute Gasteiger partial charge is 0.192 e. The van der Waals surface area contributed by atoms with Crippen molar-refractivity contribution >= 4 is 39.9 Å². The van der Waals surface area contributed by atoms with E-state index in [1.807, 2.05) is 31.2 Å². The summed E-state index contributed by atoms with van der Waals surface area (Å²) in [5.74, 6) is 0.692. The van der Waals surface area contributed by atoms with E-state index >= 15 is 0 Å². The highest BCUT2D eigenvalue weighted by molar-refractivity contribution is 7.99. The number of ketones is 2. The molecule has 0 saturated heterocycles. The van der Waals surface area contributed by atoms with E-state index in [1.54, 1.807) is 18.4 Å². The van der Waals surface area contributed by atoms with Gasteiger partial charge in [0, 0.05) is 16.6 Å². The maximum Gasteiger partial charge on any atom is 0.192 e. The highest BCUT2D eigenvalue weighted by Crippen LogP contribution is 2.25. The summed E-state index contributed by atoms with van der Waals surface area (Å²) in [5, 5.41) is 5.96. The van der Waals surface area contributed by atoms with Crippen LogP contribution in [0.1, 0.15) is 44.9 Å². The van der Waals surface area contributed by atoms with Crippen LogP contribution in [-0.4, -0.2) is 41.9 Å². The molecule has 0 aliphatic rings. The first-order valence-electron chi connectivity index (χ1n) is 8.85. The topological polar surface area (TPSA) is 93.0 Å². The summed E-state index contributed by atoms with van der Waals surface area (Å²) in [6, 6.07) is 7.74. The lowest BCUT2D eigenvalue weighted by molar-refractivity contribution is 0.101. The number of fused-ring (bicyclic) bond motifs is 3. The molecule has 0 aliphatic heterocycles. The number of aromatic amines is 1. The summed E-state index contributed by atoms with van der Waals surface area (Å²) in [5.41, 5.74) is 4.01. The molecule has 0 atom stereocenters. The van der Waals surface area contributed by atoms with Crippen LogP contribution in [0.15, 0.2) is 29.4 Å². The van der Waals surface area contributed by atoms with E-state index < -0.39 is 0 Å². The highest BCUT2D eigenvalue weighted by atomic mass is 32.2. The van der Waals surface area contributed by atoms with E-state index in [2.05, 4.69) is 20.1 Å². The quantitative estimate of drug-likeness (QED) is 0.316. The molecule has 7 nitrogen and oxygen atoms in total. The third-order valence-electron chi connectivity index (χ3n) is 4.66. The van der Waals surface area contributed by atoms with Gasteiger partial charge in [0.1, 0.15) is 5.82 Å². The zero-order valence-corrected chi connectivity index (χ0v) is 16.8. The van der Waals surface area contributed by atoms with Crippen LogP contribution in [0.3, 0.4) is 0 Å². The Labute approximate surface area is 165 Å². The van der Waals surface area contributed by atoms with Gasteiger partial charge in [-0.05, 0) is 45.4 Å². The Morgan fingerprint density at radius 3 is 2.61 bits per heavy atom. The molecule has 1 N–H and O–H groups in total. The molecule has 0 radical (unpaired) electrons. The second kappa shape index (κ2) is 6.87. The van der Waals surface area contributed by atoms with Crippen LogP contribution in [0.5, 0.6) is 0 Å². The largest absolute Gasteiger partial charge is 0.355 e. The Balaban J connectivity index is 1.68. The van der Waals surface area contributed by atoms with Crippen molar-refractivity contribution in [2.45, 2.75) is 32.9 Å². The van der Waals surface area contributed by atoms with Crippen molar-refractivity contribution in [2.24, 2.45) is 0 Å². The van der Waals surface area contributed by atoms with Crippen molar-refractivity contribution in [3.05, 3.63) is 52.6 Å². The fourth-order valence-corrected chi connectivity index (χ4v) is 4.30.